The minimum atomic E-state index is 0.498. The molecule has 0 bridgehead atoms. The number of aromatic nitrogens is 3. The summed E-state index contributed by atoms with van der Waals surface area (Å²) >= 11 is 7.39. The van der Waals surface area contributed by atoms with Crippen LogP contribution >= 0.6 is 22.9 Å². The number of fused-ring (bicyclic) bond motifs is 3. The number of hydrogen-bond acceptors (Lipinski definition) is 4. The summed E-state index contributed by atoms with van der Waals surface area (Å²) < 4.78 is 7.34. The lowest BCUT2D eigenvalue weighted by molar-refractivity contribution is 0.580. The number of nitrogens with zero attached hydrogens (tertiary/aromatic N) is 3. The minimum absolute atomic E-state index is 0.498. The molecular formula is C12H6ClN3OS. The van der Waals surface area contributed by atoms with Crippen LogP contribution in [0.25, 0.3) is 26.8 Å². The van der Waals surface area contributed by atoms with Gasteiger partial charge in [-0.15, -0.1) is 0 Å². The maximum atomic E-state index is 5.88. The zero-order valence-electron chi connectivity index (χ0n) is 9.00. The molecule has 0 atom stereocenters. The number of pyridine rings is 1. The number of imidazole rings is 1. The van der Waals surface area contributed by atoms with Gasteiger partial charge in [-0.05, 0) is 24.3 Å². The zero-order valence-corrected chi connectivity index (χ0v) is 10.6. The predicted octanol–water partition coefficient (Wildman–Crippen LogP) is 3.86. The molecule has 88 valence electrons. The summed E-state index contributed by atoms with van der Waals surface area (Å²) in [6, 6.07) is 7.47. The van der Waals surface area contributed by atoms with E-state index in [1.165, 1.54) is 11.3 Å². The van der Waals surface area contributed by atoms with E-state index >= 15 is 0 Å². The first kappa shape index (κ1) is 10.1. The third kappa shape index (κ3) is 1.38. The molecule has 0 aromatic carbocycles. The first-order valence-corrected chi connectivity index (χ1v) is 6.49. The summed E-state index contributed by atoms with van der Waals surface area (Å²) in [7, 11) is 0. The van der Waals surface area contributed by atoms with Crippen LogP contribution in [0.4, 0.5) is 0 Å². The van der Waals surface area contributed by atoms with Gasteiger partial charge >= 0.3 is 0 Å². The highest BCUT2D eigenvalue weighted by Gasteiger charge is 2.12. The van der Waals surface area contributed by atoms with Gasteiger partial charge in [-0.3, -0.25) is 4.40 Å². The van der Waals surface area contributed by atoms with Gasteiger partial charge in [0, 0.05) is 6.20 Å². The molecule has 0 aliphatic heterocycles. The molecule has 6 heteroatoms. The van der Waals surface area contributed by atoms with Gasteiger partial charge in [0.05, 0.1) is 11.8 Å². The van der Waals surface area contributed by atoms with Gasteiger partial charge in [0.1, 0.15) is 15.7 Å². The van der Waals surface area contributed by atoms with Crippen molar-refractivity contribution in [2.24, 2.45) is 0 Å². The van der Waals surface area contributed by atoms with E-state index in [1.54, 1.807) is 12.3 Å². The molecule has 4 heterocycles. The van der Waals surface area contributed by atoms with Crippen LogP contribution in [0.3, 0.4) is 0 Å². The molecule has 0 spiro atoms. The van der Waals surface area contributed by atoms with E-state index in [0.29, 0.717) is 5.15 Å². The summed E-state index contributed by atoms with van der Waals surface area (Å²) in [6.45, 7) is 0. The quantitative estimate of drug-likeness (QED) is 0.496. The van der Waals surface area contributed by atoms with Gasteiger partial charge in [0.2, 0.25) is 0 Å². The molecule has 0 fully saturated rings. The van der Waals surface area contributed by atoms with E-state index in [0.717, 1.165) is 26.8 Å². The van der Waals surface area contributed by atoms with Crippen molar-refractivity contribution in [3.8, 4) is 11.5 Å². The Kier molecular flexibility index (Phi) is 2.00. The number of thiazole rings is 1. The largest absolute Gasteiger partial charge is 0.463 e. The Hall–Kier alpha value is -1.85. The topological polar surface area (TPSA) is 43.3 Å². The van der Waals surface area contributed by atoms with E-state index in [4.69, 9.17) is 16.0 Å². The van der Waals surface area contributed by atoms with Gasteiger partial charge in [-0.1, -0.05) is 22.9 Å². The highest BCUT2D eigenvalue weighted by atomic mass is 35.5. The van der Waals surface area contributed by atoms with Crippen molar-refractivity contribution < 1.29 is 4.42 Å². The first-order chi connectivity index (χ1) is 8.81. The lowest BCUT2D eigenvalue weighted by atomic mass is 10.3. The van der Waals surface area contributed by atoms with Crippen LogP contribution in [-0.2, 0) is 0 Å². The highest BCUT2D eigenvalue weighted by Crippen LogP contribution is 2.29. The van der Waals surface area contributed by atoms with Crippen LogP contribution in [0.5, 0.6) is 0 Å². The van der Waals surface area contributed by atoms with Crippen molar-refractivity contribution in [1.29, 1.82) is 0 Å². The van der Waals surface area contributed by atoms with Crippen LogP contribution < -0.4 is 0 Å². The van der Waals surface area contributed by atoms with Crippen molar-refractivity contribution >= 4 is 38.2 Å². The summed E-state index contributed by atoms with van der Waals surface area (Å²) in [5.41, 5.74) is 1.83. The van der Waals surface area contributed by atoms with Crippen LogP contribution in [0, 0.1) is 0 Å². The molecule has 0 saturated heterocycles. The molecule has 4 nitrogen and oxygen atoms in total. The van der Waals surface area contributed by atoms with E-state index in [9.17, 15) is 0 Å². The second kappa shape index (κ2) is 3.57. The number of furan rings is 1. The standard InChI is InChI=1S/C12H6ClN3OS/c13-10-4-3-8-11(15-10)18-12-14-7(6-16(8)12)9-2-1-5-17-9/h1-6H. The maximum Gasteiger partial charge on any atom is 0.196 e. The molecule has 0 N–H and O–H groups in total. The Balaban J connectivity index is 2.02. The second-order valence-corrected chi connectivity index (χ2v) is 5.16. The fraction of sp³-hybridized carbons (Fsp3) is 0. The van der Waals surface area contributed by atoms with Gasteiger partial charge in [-0.25, -0.2) is 9.97 Å². The lowest BCUT2D eigenvalue weighted by Gasteiger charge is -1.91. The average Bonchev–Trinajstić information content (AvgIpc) is 3.01. The van der Waals surface area contributed by atoms with E-state index in [2.05, 4.69) is 9.97 Å². The molecule has 0 unspecified atom stereocenters. The van der Waals surface area contributed by atoms with Gasteiger partial charge < -0.3 is 4.42 Å². The van der Waals surface area contributed by atoms with Crippen LogP contribution in [0.1, 0.15) is 0 Å². The van der Waals surface area contributed by atoms with Crippen molar-refractivity contribution in [3.63, 3.8) is 0 Å². The number of rotatable bonds is 1. The van der Waals surface area contributed by atoms with Crippen molar-refractivity contribution in [2.45, 2.75) is 0 Å². The molecular weight excluding hydrogens is 270 g/mol. The monoisotopic (exact) mass is 275 g/mol. The molecule has 0 saturated carbocycles. The number of halogens is 1. The van der Waals surface area contributed by atoms with Gasteiger partial charge in [-0.2, -0.15) is 0 Å². The smallest absolute Gasteiger partial charge is 0.196 e. The van der Waals surface area contributed by atoms with Crippen molar-refractivity contribution in [1.82, 2.24) is 14.4 Å². The Labute approximate surface area is 110 Å². The molecule has 0 aliphatic carbocycles. The molecule has 4 aromatic rings. The third-order valence-electron chi connectivity index (χ3n) is 2.70. The van der Waals surface area contributed by atoms with Gasteiger partial charge in [0.15, 0.2) is 10.7 Å². The molecule has 0 aliphatic rings. The molecule has 18 heavy (non-hydrogen) atoms. The summed E-state index contributed by atoms with van der Waals surface area (Å²) in [5, 5.41) is 0.498. The number of hydrogen-bond donors (Lipinski definition) is 0. The molecule has 4 aromatic heterocycles. The molecule has 0 amide bonds. The fourth-order valence-electron chi connectivity index (χ4n) is 1.91. The zero-order chi connectivity index (χ0) is 12.1. The van der Waals surface area contributed by atoms with Crippen molar-refractivity contribution in [2.75, 3.05) is 0 Å². The Morgan fingerprint density at radius 1 is 1.22 bits per heavy atom. The lowest BCUT2D eigenvalue weighted by Crippen LogP contribution is -1.79. The van der Waals surface area contributed by atoms with E-state index < -0.39 is 0 Å². The van der Waals surface area contributed by atoms with Crippen LogP contribution in [-0.4, -0.2) is 14.4 Å². The van der Waals surface area contributed by atoms with Gasteiger partial charge in [0.25, 0.3) is 0 Å². The maximum absolute atomic E-state index is 5.88. The second-order valence-electron chi connectivity index (χ2n) is 3.82. The molecule has 0 radical (unpaired) electrons. The summed E-state index contributed by atoms with van der Waals surface area (Å²) in [4.78, 5) is 10.6. The Morgan fingerprint density at radius 2 is 2.17 bits per heavy atom. The minimum Gasteiger partial charge on any atom is -0.463 e. The first-order valence-electron chi connectivity index (χ1n) is 5.29. The van der Waals surface area contributed by atoms with Crippen LogP contribution in [0.15, 0.2) is 41.1 Å². The summed E-state index contributed by atoms with van der Waals surface area (Å²) in [6.07, 6.45) is 3.59. The SMILES string of the molecule is Clc1ccc2c(n1)sc1nc(-c3ccco3)cn12. The molecule has 4 rings (SSSR count). The van der Waals surface area contributed by atoms with Crippen LogP contribution in [0.2, 0.25) is 5.15 Å². The van der Waals surface area contributed by atoms with Crippen molar-refractivity contribution in [3.05, 3.63) is 41.9 Å². The summed E-state index contributed by atoms with van der Waals surface area (Å²) in [5.74, 6) is 0.765. The van der Waals surface area contributed by atoms with E-state index in [-0.39, 0.29) is 0 Å². The third-order valence-corrected chi connectivity index (χ3v) is 3.88. The Bertz CT molecular complexity index is 847. The van der Waals surface area contributed by atoms with E-state index in [1.807, 2.05) is 28.8 Å². The predicted molar refractivity (Wildman–Crippen MR) is 71.1 cm³/mol. The average molecular weight is 276 g/mol. The fourth-order valence-corrected chi connectivity index (χ4v) is 3.09. The highest BCUT2D eigenvalue weighted by molar-refractivity contribution is 7.23. The Morgan fingerprint density at radius 3 is 3.00 bits per heavy atom. The normalized spacial score (nSPS) is 11.6.